The summed E-state index contributed by atoms with van der Waals surface area (Å²) in [5.41, 5.74) is 0. The molecule has 0 rings (SSSR count). The largest absolute Gasteiger partial charge is 0.363 e. The number of nitrogens with one attached hydrogen (secondary N) is 1. The first kappa shape index (κ1) is 24.9. The Morgan fingerprint density at radius 3 is 1.24 bits per heavy atom. The van der Waals surface area contributed by atoms with E-state index in [0.717, 1.165) is 26.1 Å². The molecule has 0 fully saturated rings. The standard InChI is InChI=1S/C22H47NO2/c1-5-9-11-13-15-17-19-24-21(7-3)23-22(8-4)25-20-18-16-14-12-10-6-2/h21-23H,5-20H2,1-4H3. The highest BCUT2D eigenvalue weighted by Crippen LogP contribution is 2.08. The number of ether oxygens (including phenoxy) is 2. The number of rotatable bonds is 20. The summed E-state index contributed by atoms with van der Waals surface area (Å²) in [6.45, 7) is 10.6. The molecule has 0 aliphatic rings. The third-order valence-electron chi connectivity index (χ3n) is 4.75. The van der Waals surface area contributed by atoms with Crippen LogP contribution in [0.2, 0.25) is 0 Å². The van der Waals surface area contributed by atoms with E-state index >= 15 is 0 Å². The van der Waals surface area contributed by atoms with Crippen molar-refractivity contribution in [2.45, 2.75) is 130 Å². The van der Waals surface area contributed by atoms with Crippen LogP contribution in [0.4, 0.5) is 0 Å². The van der Waals surface area contributed by atoms with Gasteiger partial charge in [-0.05, 0) is 25.7 Å². The zero-order chi connectivity index (χ0) is 18.6. The highest BCUT2D eigenvalue weighted by atomic mass is 16.5. The molecule has 2 unspecified atom stereocenters. The summed E-state index contributed by atoms with van der Waals surface area (Å²) in [4.78, 5) is 0. The van der Waals surface area contributed by atoms with Gasteiger partial charge in [-0.15, -0.1) is 0 Å². The molecule has 3 nitrogen and oxygen atoms in total. The Labute approximate surface area is 158 Å². The molecule has 0 bridgehead atoms. The van der Waals surface area contributed by atoms with E-state index in [4.69, 9.17) is 9.47 Å². The van der Waals surface area contributed by atoms with Gasteiger partial charge < -0.3 is 9.47 Å². The lowest BCUT2D eigenvalue weighted by Crippen LogP contribution is -2.41. The Hall–Kier alpha value is -0.120. The van der Waals surface area contributed by atoms with Gasteiger partial charge in [0, 0.05) is 13.2 Å². The van der Waals surface area contributed by atoms with Gasteiger partial charge in [-0.3, -0.25) is 5.32 Å². The Morgan fingerprint density at radius 2 is 0.880 bits per heavy atom. The summed E-state index contributed by atoms with van der Waals surface area (Å²) in [5, 5.41) is 3.53. The van der Waals surface area contributed by atoms with Gasteiger partial charge in [-0.1, -0.05) is 91.9 Å². The average molecular weight is 358 g/mol. The van der Waals surface area contributed by atoms with Crippen LogP contribution in [0.25, 0.3) is 0 Å². The lowest BCUT2D eigenvalue weighted by atomic mass is 10.1. The van der Waals surface area contributed by atoms with Crippen molar-refractivity contribution in [2.24, 2.45) is 0 Å². The predicted molar refractivity (Wildman–Crippen MR) is 110 cm³/mol. The summed E-state index contributed by atoms with van der Waals surface area (Å²) in [7, 11) is 0. The van der Waals surface area contributed by atoms with Gasteiger partial charge in [0.15, 0.2) is 0 Å². The molecule has 0 amide bonds. The normalized spacial score (nSPS) is 13.9. The number of hydrogen-bond acceptors (Lipinski definition) is 3. The molecule has 152 valence electrons. The van der Waals surface area contributed by atoms with Gasteiger partial charge in [0.25, 0.3) is 0 Å². The molecule has 25 heavy (non-hydrogen) atoms. The molecule has 0 saturated carbocycles. The molecule has 0 heterocycles. The van der Waals surface area contributed by atoms with Gasteiger partial charge in [-0.2, -0.15) is 0 Å². The second-order valence-electron chi connectivity index (χ2n) is 7.24. The SMILES string of the molecule is CCCCCCCCOC(CC)NC(CC)OCCCCCCCC. The third kappa shape index (κ3) is 17.1. The van der Waals surface area contributed by atoms with Gasteiger partial charge >= 0.3 is 0 Å². The van der Waals surface area contributed by atoms with Gasteiger partial charge in [0.2, 0.25) is 0 Å². The Bertz CT molecular complexity index is 224. The topological polar surface area (TPSA) is 30.5 Å². The first-order valence-electron chi connectivity index (χ1n) is 11.3. The van der Waals surface area contributed by atoms with Crippen molar-refractivity contribution in [3.63, 3.8) is 0 Å². The molecule has 0 radical (unpaired) electrons. The minimum absolute atomic E-state index is 0.130. The molecule has 0 aromatic heterocycles. The van der Waals surface area contributed by atoms with Crippen LogP contribution in [0.15, 0.2) is 0 Å². The summed E-state index contributed by atoms with van der Waals surface area (Å²) in [6, 6.07) is 0. The van der Waals surface area contributed by atoms with Gasteiger partial charge in [0.05, 0.1) is 0 Å². The van der Waals surface area contributed by atoms with Crippen LogP contribution in [-0.2, 0) is 9.47 Å². The van der Waals surface area contributed by atoms with Crippen molar-refractivity contribution in [1.82, 2.24) is 5.32 Å². The van der Waals surface area contributed by atoms with E-state index in [0.29, 0.717) is 0 Å². The molecule has 0 aliphatic carbocycles. The fourth-order valence-corrected chi connectivity index (χ4v) is 2.99. The van der Waals surface area contributed by atoms with E-state index in [-0.39, 0.29) is 12.5 Å². The number of hydrogen-bond donors (Lipinski definition) is 1. The second-order valence-corrected chi connectivity index (χ2v) is 7.24. The molecule has 0 aromatic rings. The molecular weight excluding hydrogens is 310 g/mol. The van der Waals surface area contributed by atoms with E-state index < -0.39 is 0 Å². The average Bonchev–Trinajstić information content (AvgIpc) is 2.64. The van der Waals surface area contributed by atoms with Crippen LogP contribution in [0.3, 0.4) is 0 Å². The maximum atomic E-state index is 6.01. The molecular formula is C22H47NO2. The van der Waals surface area contributed by atoms with Crippen LogP contribution in [-0.4, -0.2) is 25.7 Å². The summed E-state index contributed by atoms with van der Waals surface area (Å²) >= 11 is 0. The van der Waals surface area contributed by atoms with Gasteiger partial charge in [0.1, 0.15) is 12.5 Å². The Balaban J connectivity index is 3.67. The van der Waals surface area contributed by atoms with Gasteiger partial charge in [-0.25, -0.2) is 0 Å². The third-order valence-corrected chi connectivity index (χ3v) is 4.75. The van der Waals surface area contributed by atoms with Crippen molar-refractivity contribution in [2.75, 3.05) is 13.2 Å². The molecule has 0 saturated heterocycles. The van der Waals surface area contributed by atoms with E-state index in [1.807, 2.05) is 0 Å². The monoisotopic (exact) mass is 357 g/mol. The lowest BCUT2D eigenvalue weighted by molar-refractivity contribution is -0.0493. The Kier molecular flexibility index (Phi) is 20.1. The van der Waals surface area contributed by atoms with Crippen molar-refractivity contribution < 1.29 is 9.47 Å². The summed E-state index contributed by atoms with van der Waals surface area (Å²) < 4.78 is 12.0. The fraction of sp³-hybridized carbons (Fsp3) is 1.00. The maximum absolute atomic E-state index is 6.01. The van der Waals surface area contributed by atoms with E-state index in [9.17, 15) is 0 Å². The molecule has 0 spiro atoms. The quantitative estimate of drug-likeness (QED) is 0.192. The molecule has 0 aliphatic heterocycles. The zero-order valence-corrected chi connectivity index (χ0v) is 17.8. The van der Waals surface area contributed by atoms with Crippen LogP contribution >= 0.6 is 0 Å². The van der Waals surface area contributed by atoms with E-state index in [1.54, 1.807) is 0 Å². The van der Waals surface area contributed by atoms with Crippen molar-refractivity contribution in [3.05, 3.63) is 0 Å². The van der Waals surface area contributed by atoms with Crippen LogP contribution < -0.4 is 5.32 Å². The predicted octanol–water partition coefficient (Wildman–Crippen LogP) is 6.80. The van der Waals surface area contributed by atoms with Crippen molar-refractivity contribution >= 4 is 0 Å². The lowest BCUT2D eigenvalue weighted by Gasteiger charge is -2.25. The highest BCUT2D eigenvalue weighted by molar-refractivity contribution is 4.59. The first-order chi connectivity index (χ1) is 12.3. The molecule has 0 aromatic carbocycles. The van der Waals surface area contributed by atoms with E-state index in [2.05, 4.69) is 33.0 Å². The minimum atomic E-state index is 0.130. The summed E-state index contributed by atoms with van der Waals surface area (Å²) in [5.74, 6) is 0. The Morgan fingerprint density at radius 1 is 0.520 bits per heavy atom. The molecule has 1 N–H and O–H groups in total. The fourth-order valence-electron chi connectivity index (χ4n) is 2.99. The molecule has 3 heteroatoms. The number of unbranched alkanes of at least 4 members (excludes halogenated alkanes) is 10. The van der Waals surface area contributed by atoms with Crippen molar-refractivity contribution in [3.8, 4) is 0 Å². The first-order valence-corrected chi connectivity index (χ1v) is 11.3. The summed E-state index contributed by atoms with van der Waals surface area (Å²) in [6.07, 6.45) is 18.0. The zero-order valence-electron chi connectivity index (χ0n) is 17.8. The van der Waals surface area contributed by atoms with Crippen LogP contribution in [0.5, 0.6) is 0 Å². The van der Waals surface area contributed by atoms with E-state index in [1.165, 1.54) is 77.0 Å². The van der Waals surface area contributed by atoms with Crippen LogP contribution in [0, 0.1) is 0 Å². The smallest absolute Gasteiger partial charge is 0.109 e. The minimum Gasteiger partial charge on any atom is -0.363 e. The van der Waals surface area contributed by atoms with Crippen molar-refractivity contribution in [1.29, 1.82) is 0 Å². The highest BCUT2D eigenvalue weighted by Gasteiger charge is 2.13. The van der Waals surface area contributed by atoms with Crippen LogP contribution in [0.1, 0.15) is 118 Å². The second kappa shape index (κ2) is 20.2. The molecule has 2 atom stereocenters. The maximum Gasteiger partial charge on any atom is 0.109 e.